The van der Waals surface area contributed by atoms with E-state index in [0.29, 0.717) is 0 Å². The zero-order chi connectivity index (χ0) is 7.23. The molecule has 0 aromatic carbocycles. The smallest absolute Gasteiger partial charge is 0.108 e. The molecule has 0 saturated heterocycles. The summed E-state index contributed by atoms with van der Waals surface area (Å²) in [5.74, 6) is 0. The van der Waals surface area contributed by atoms with Crippen LogP contribution in [0.3, 0.4) is 0 Å². The number of imidazole rings is 1. The molecule has 3 nitrogen and oxygen atoms in total. The number of nitrogens with zero attached hydrogens (tertiary/aromatic N) is 2. The van der Waals surface area contributed by atoms with Gasteiger partial charge in [0.2, 0.25) is 0 Å². The molecule has 3 heteroatoms. The minimum absolute atomic E-state index is 0.804. The lowest BCUT2D eigenvalue weighted by Gasteiger charge is -1.99. The molecule has 0 amide bonds. The summed E-state index contributed by atoms with van der Waals surface area (Å²) in [7, 11) is 1.71. The lowest BCUT2D eigenvalue weighted by atomic mass is 10.4. The molecule has 0 atom stereocenters. The molecule has 0 bridgehead atoms. The molecule has 0 aliphatic carbocycles. The number of hydrogen-bond acceptors (Lipinski definition) is 2. The van der Waals surface area contributed by atoms with Crippen molar-refractivity contribution in [3.8, 4) is 0 Å². The monoisotopic (exact) mass is 139 g/mol. The van der Waals surface area contributed by atoms with E-state index >= 15 is 0 Å². The fraction of sp³-hybridized carbons (Fsp3) is 0.571. The van der Waals surface area contributed by atoms with Crippen LogP contribution in [0.2, 0.25) is 0 Å². The normalized spacial score (nSPS) is 10.1. The summed E-state index contributed by atoms with van der Waals surface area (Å²) in [6, 6.07) is 0. The highest BCUT2D eigenvalue weighted by atomic mass is 16.5. The van der Waals surface area contributed by atoms with Gasteiger partial charge in [0.25, 0.3) is 0 Å². The topological polar surface area (TPSA) is 27.1 Å². The molecule has 1 aromatic heterocycles. The van der Waals surface area contributed by atoms with Gasteiger partial charge in [0, 0.05) is 26.5 Å². The van der Waals surface area contributed by atoms with Crippen LogP contribution < -0.4 is 0 Å². The van der Waals surface area contributed by atoms with E-state index in [-0.39, 0.29) is 0 Å². The molecule has 1 rings (SSSR count). The Morgan fingerprint density at radius 1 is 1.70 bits per heavy atom. The van der Waals surface area contributed by atoms with Crippen LogP contribution in [0.25, 0.3) is 0 Å². The molecule has 0 saturated carbocycles. The van der Waals surface area contributed by atoms with Crippen molar-refractivity contribution in [2.45, 2.75) is 13.0 Å². The van der Waals surface area contributed by atoms with Crippen molar-refractivity contribution in [2.75, 3.05) is 13.7 Å². The highest BCUT2D eigenvalue weighted by Gasteiger charge is 1.88. The van der Waals surface area contributed by atoms with Crippen LogP contribution in [0.15, 0.2) is 12.5 Å². The fourth-order valence-electron chi connectivity index (χ4n) is 0.762. The van der Waals surface area contributed by atoms with Gasteiger partial charge in [0.05, 0.1) is 6.33 Å². The van der Waals surface area contributed by atoms with Crippen molar-refractivity contribution in [1.29, 1.82) is 0 Å². The second-order valence-electron chi connectivity index (χ2n) is 2.09. The Morgan fingerprint density at radius 2 is 2.60 bits per heavy atom. The number of hydrogen-bond donors (Lipinski definition) is 0. The Balaban J connectivity index is 2.15. The van der Waals surface area contributed by atoms with Crippen LogP contribution in [0.1, 0.15) is 6.42 Å². The molecular formula is C7H11N2O. The Labute approximate surface area is 60.6 Å². The number of ether oxygens (including phenoxy) is 1. The van der Waals surface area contributed by atoms with Gasteiger partial charge in [0.1, 0.15) is 6.20 Å². The number of methoxy groups -OCH3 is 1. The van der Waals surface area contributed by atoms with Gasteiger partial charge in [-0.1, -0.05) is 0 Å². The van der Waals surface area contributed by atoms with Gasteiger partial charge >= 0.3 is 0 Å². The number of rotatable bonds is 4. The standard InChI is InChI=1S/C7H11N2O/c1-10-6-2-4-9-5-3-8-7-9/h5,7H,2,4,6H2,1H3. The van der Waals surface area contributed by atoms with Crippen LogP contribution in [0, 0.1) is 6.20 Å². The molecule has 1 radical (unpaired) electrons. The van der Waals surface area contributed by atoms with Crippen molar-refractivity contribution in [2.24, 2.45) is 0 Å². The first kappa shape index (κ1) is 7.28. The maximum absolute atomic E-state index is 4.90. The third-order valence-corrected chi connectivity index (χ3v) is 1.27. The summed E-state index contributed by atoms with van der Waals surface area (Å²) >= 11 is 0. The van der Waals surface area contributed by atoms with Gasteiger partial charge < -0.3 is 9.30 Å². The largest absolute Gasteiger partial charge is 0.385 e. The van der Waals surface area contributed by atoms with E-state index in [4.69, 9.17) is 4.74 Å². The minimum Gasteiger partial charge on any atom is -0.385 e. The summed E-state index contributed by atoms with van der Waals surface area (Å²) in [4.78, 5) is 3.80. The zero-order valence-electron chi connectivity index (χ0n) is 6.08. The summed E-state index contributed by atoms with van der Waals surface area (Å²) in [5, 5.41) is 0. The third kappa shape index (κ3) is 2.19. The minimum atomic E-state index is 0.804. The molecule has 0 aliphatic heterocycles. The number of aromatic nitrogens is 2. The first-order chi connectivity index (χ1) is 4.93. The first-order valence-electron chi connectivity index (χ1n) is 3.30. The van der Waals surface area contributed by atoms with E-state index < -0.39 is 0 Å². The van der Waals surface area contributed by atoms with Gasteiger partial charge in [0.15, 0.2) is 0 Å². The molecule has 0 unspecified atom stereocenters. The number of aryl methyl sites for hydroxylation is 1. The third-order valence-electron chi connectivity index (χ3n) is 1.27. The molecule has 1 aromatic rings. The lowest BCUT2D eigenvalue weighted by molar-refractivity contribution is 0.190. The molecule has 0 spiro atoms. The molecule has 55 valence electrons. The van der Waals surface area contributed by atoms with Crippen molar-refractivity contribution in [1.82, 2.24) is 9.55 Å². The van der Waals surface area contributed by atoms with Gasteiger partial charge in [-0.25, -0.2) is 4.98 Å². The summed E-state index contributed by atoms with van der Waals surface area (Å²) in [6.07, 6.45) is 7.35. The van der Waals surface area contributed by atoms with E-state index in [9.17, 15) is 0 Å². The van der Waals surface area contributed by atoms with Crippen LogP contribution in [0.4, 0.5) is 0 Å². The average molecular weight is 139 g/mol. The van der Waals surface area contributed by atoms with Crippen LogP contribution in [-0.4, -0.2) is 23.3 Å². The lowest BCUT2D eigenvalue weighted by Crippen LogP contribution is -1.98. The molecule has 0 fully saturated rings. The molecule has 0 aliphatic rings. The fourth-order valence-corrected chi connectivity index (χ4v) is 0.762. The highest BCUT2D eigenvalue weighted by molar-refractivity contribution is 4.71. The summed E-state index contributed by atoms with van der Waals surface area (Å²) < 4.78 is 6.88. The Morgan fingerprint density at radius 3 is 3.20 bits per heavy atom. The highest BCUT2D eigenvalue weighted by Crippen LogP contribution is 1.89. The van der Waals surface area contributed by atoms with Crippen LogP contribution >= 0.6 is 0 Å². The maximum atomic E-state index is 4.90. The molecule has 1 heterocycles. The predicted molar refractivity (Wildman–Crippen MR) is 37.6 cm³/mol. The zero-order valence-corrected chi connectivity index (χ0v) is 6.08. The van der Waals surface area contributed by atoms with E-state index in [2.05, 4.69) is 11.2 Å². The van der Waals surface area contributed by atoms with Gasteiger partial charge in [-0.3, -0.25) is 0 Å². The van der Waals surface area contributed by atoms with Gasteiger partial charge in [-0.05, 0) is 6.42 Å². The maximum Gasteiger partial charge on any atom is 0.108 e. The summed E-state index contributed by atoms with van der Waals surface area (Å²) in [6.45, 7) is 1.77. The Kier molecular flexibility index (Phi) is 2.96. The van der Waals surface area contributed by atoms with Crippen molar-refractivity contribution >= 4 is 0 Å². The Hall–Kier alpha value is -0.830. The Bertz CT molecular complexity index is 160. The van der Waals surface area contributed by atoms with Crippen LogP contribution in [-0.2, 0) is 11.3 Å². The first-order valence-corrected chi connectivity index (χ1v) is 3.30. The average Bonchev–Trinajstić information content (AvgIpc) is 2.41. The van der Waals surface area contributed by atoms with E-state index in [0.717, 1.165) is 19.6 Å². The molecule has 10 heavy (non-hydrogen) atoms. The van der Waals surface area contributed by atoms with E-state index in [1.54, 1.807) is 13.4 Å². The van der Waals surface area contributed by atoms with Crippen molar-refractivity contribution < 1.29 is 4.74 Å². The van der Waals surface area contributed by atoms with Crippen molar-refractivity contribution in [3.63, 3.8) is 0 Å². The predicted octanol–water partition coefficient (Wildman–Crippen LogP) is 0.720. The van der Waals surface area contributed by atoms with Crippen molar-refractivity contribution in [3.05, 3.63) is 18.7 Å². The van der Waals surface area contributed by atoms with Gasteiger partial charge in [-0.2, -0.15) is 0 Å². The second kappa shape index (κ2) is 4.06. The van der Waals surface area contributed by atoms with Crippen LogP contribution in [0.5, 0.6) is 0 Å². The molecular weight excluding hydrogens is 128 g/mol. The molecule has 0 N–H and O–H groups in total. The second-order valence-corrected chi connectivity index (χ2v) is 2.09. The van der Waals surface area contributed by atoms with E-state index in [1.807, 2.05) is 10.8 Å². The van der Waals surface area contributed by atoms with Gasteiger partial charge in [-0.15, -0.1) is 0 Å². The quantitative estimate of drug-likeness (QED) is 0.575. The van der Waals surface area contributed by atoms with E-state index in [1.165, 1.54) is 0 Å². The summed E-state index contributed by atoms with van der Waals surface area (Å²) in [5.41, 5.74) is 0. The SMILES string of the molecule is COCCCn1c[c]nc1.